The zero-order chi connectivity index (χ0) is 9.97. The molecule has 2 N–H and O–H groups in total. The maximum Gasteiger partial charge on any atom is 0.124 e. The van der Waals surface area contributed by atoms with E-state index in [1.165, 1.54) is 31.2 Å². The molecule has 1 aromatic carbocycles. The molecular formula is C12H17NO. The van der Waals surface area contributed by atoms with Crippen LogP contribution in [0, 0.1) is 0 Å². The van der Waals surface area contributed by atoms with Crippen molar-refractivity contribution in [3.63, 3.8) is 0 Å². The van der Waals surface area contributed by atoms with Crippen LogP contribution in [0.3, 0.4) is 0 Å². The van der Waals surface area contributed by atoms with E-state index < -0.39 is 0 Å². The zero-order valence-corrected chi connectivity index (χ0v) is 8.62. The fourth-order valence-corrected chi connectivity index (χ4v) is 2.39. The van der Waals surface area contributed by atoms with E-state index in [0.717, 1.165) is 11.4 Å². The second-order valence-electron chi connectivity index (χ2n) is 3.94. The maximum absolute atomic E-state index is 6.00. The average Bonchev–Trinajstić information content (AvgIpc) is 2.70. The molecule has 2 nitrogen and oxygen atoms in total. The Morgan fingerprint density at radius 1 is 1.29 bits per heavy atom. The van der Waals surface area contributed by atoms with Gasteiger partial charge in [0.15, 0.2) is 0 Å². The van der Waals surface area contributed by atoms with Crippen molar-refractivity contribution in [3.8, 4) is 5.75 Å². The molecule has 1 aliphatic rings. The Balaban J connectivity index is 2.37. The van der Waals surface area contributed by atoms with E-state index in [1.807, 2.05) is 18.2 Å². The van der Waals surface area contributed by atoms with E-state index in [4.69, 9.17) is 10.5 Å². The fraction of sp³-hybridized carbons (Fsp3) is 0.500. The molecule has 2 rings (SSSR count). The number of ether oxygens (including phenoxy) is 1. The van der Waals surface area contributed by atoms with Crippen LogP contribution in [0.2, 0.25) is 0 Å². The summed E-state index contributed by atoms with van der Waals surface area (Å²) in [5.41, 5.74) is 8.11. The number of rotatable bonds is 2. The third-order valence-corrected chi connectivity index (χ3v) is 3.08. The standard InChI is InChI=1S/C12H17NO/c1-14-11-8-4-7-10(13)12(11)9-5-2-3-6-9/h4,7-9H,2-3,5-6,13H2,1H3. The van der Waals surface area contributed by atoms with Crippen LogP contribution >= 0.6 is 0 Å². The summed E-state index contributed by atoms with van der Waals surface area (Å²) in [7, 11) is 1.72. The van der Waals surface area contributed by atoms with Gasteiger partial charge in [0.1, 0.15) is 5.75 Å². The molecule has 0 bridgehead atoms. The topological polar surface area (TPSA) is 35.2 Å². The minimum absolute atomic E-state index is 0.617. The fourth-order valence-electron chi connectivity index (χ4n) is 2.39. The van der Waals surface area contributed by atoms with Gasteiger partial charge in [-0.25, -0.2) is 0 Å². The highest BCUT2D eigenvalue weighted by molar-refractivity contribution is 5.56. The van der Waals surface area contributed by atoms with Crippen LogP contribution in [0.5, 0.6) is 5.75 Å². The first-order valence-electron chi connectivity index (χ1n) is 5.25. The molecule has 0 spiro atoms. The summed E-state index contributed by atoms with van der Waals surface area (Å²) in [5, 5.41) is 0. The molecule has 0 saturated heterocycles. The molecule has 0 aliphatic heterocycles. The van der Waals surface area contributed by atoms with Gasteiger partial charge in [-0.05, 0) is 30.9 Å². The van der Waals surface area contributed by atoms with Crippen molar-refractivity contribution in [2.75, 3.05) is 12.8 Å². The van der Waals surface area contributed by atoms with Gasteiger partial charge in [-0.15, -0.1) is 0 Å². The number of hydrogen-bond donors (Lipinski definition) is 1. The second-order valence-corrected chi connectivity index (χ2v) is 3.94. The minimum Gasteiger partial charge on any atom is -0.496 e. The molecule has 14 heavy (non-hydrogen) atoms. The van der Waals surface area contributed by atoms with Gasteiger partial charge in [0.25, 0.3) is 0 Å². The highest BCUT2D eigenvalue weighted by Crippen LogP contribution is 2.41. The van der Waals surface area contributed by atoms with E-state index in [1.54, 1.807) is 7.11 Å². The SMILES string of the molecule is COc1cccc(N)c1C1CCCC1. The van der Waals surface area contributed by atoms with Gasteiger partial charge < -0.3 is 10.5 Å². The lowest BCUT2D eigenvalue weighted by molar-refractivity contribution is 0.406. The van der Waals surface area contributed by atoms with E-state index in [2.05, 4.69) is 0 Å². The van der Waals surface area contributed by atoms with Crippen molar-refractivity contribution >= 4 is 5.69 Å². The Kier molecular flexibility index (Phi) is 2.62. The Hall–Kier alpha value is -1.18. The monoisotopic (exact) mass is 191 g/mol. The Morgan fingerprint density at radius 2 is 2.00 bits per heavy atom. The molecule has 0 unspecified atom stereocenters. The molecule has 0 amide bonds. The first-order chi connectivity index (χ1) is 6.83. The lowest BCUT2D eigenvalue weighted by atomic mass is 9.95. The van der Waals surface area contributed by atoms with Crippen LogP contribution in [0.15, 0.2) is 18.2 Å². The van der Waals surface area contributed by atoms with E-state index in [-0.39, 0.29) is 0 Å². The summed E-state index contributed by atoms with van der Waals surface area (Å²) in [6, 6.07) is 5.92. The van der Waals surface area contributed by atoms with Crippen molar-refractivity contribution in [3.05, 3.63) is 23.8 Å². The van der Waals surface area contributed by atoms with Crippen LogP contribution in [0.1, 0.15) is 37.2 Å². The zero-order valence-electron chi connectivity index (χ0n) is 8.62. The number of nitrogen functional groups attached to an aromatic ring is 1. The second kappa shape index (κ2) is 3.91. The normalized spacial score (nSPS) is 17.2. The molecule has 0 aromatic heterocycles. The number of anilines is 1. The molecule has 76 valence electrons. The lowest BCUT2D eigenvalue weighted by Crippen LogP contribution is -2.02. The number of methoxy groups -OCH3 is 1. The highest BCUT2D eigenvalue weighted by atomic mass is 16.5. The van der Waals surface area contributed by atoms with Gasteiger partial charge in [-0.3, -0.25) is 0 Å². The molecule has 0 atom stereocenters. The van der Waals surface area contributed by atoms with Crippen LogP contribution in [-0.4, -0.2) is 7.11 Å². The Labute approximate surface area is 85.1 Å². The van der Waals surface area contributed by atoms with Gasteiger partial charge in [0.05, 0.1) is 7.11 Å². The first kappa shape index (κ1) is 9.38. The van der Waals surface area contributed by atoms with E-state index in [9.17, 15) is 0 Å². The van der Waals surface area contributed by atoms with Crippen LogP contribution in [-0.2, 0) is 0 Å². The van der Waals surface area contributed by atoms with Crippen LogP contribution < -0.4 is 10.5 Å². The quantitative estimate of drug-likeness (QED) is 0.729. The summed E-state index contributed by atoms with van der Waals surface area (Å²) in [5.74, 6) is 1.57. The molecule has 1 aliphatic carbocycles. The number of hydrogen-bond acceptors (Lipinski definition) is 2. The van der Waals surface area contributed by atoms with Gasteiger partial charge in [-0.1, -0.05) is 18.9 Å². The number of benzene rings is 1. The van der Waals surface area contributed by atoms with Crippen molar-refractivity contribution < 1.29 is 4.74 Å². The molecule has 0 radical (unpaired) electrons. The third kappa shape index (κ3) is 1.57. The molecule has 1 saturated carbocycles. The molecular weight excluding hydrogens is 174 g/mol. The first-order valence-corrected chi connectivity index (χ1v) is 5.25. The van der Waals surface area contributed by atoms with Crippen molar-refractivity contribution in [1.82, 2.24) is 0 Å². The summed E-state index contributed by atoms with van der Waals surface area (Å²) in [6.07, 6.45) is 5.15. The predicted molar refractivity (Wildman–Crippen MR) is 58.6 cm³/mol. The van der Waals surface area contributed by atoms with Crippen molar-refractivity contribution in [2.24, 2.45) is 0 Å². The summed E-state index contributed by atoms with van der Waals surface area (Å²) in [6.45, 7) is 0. The van der Waals surface area contributed by atoms with Crippen molar-refractivity contribution in [1.29, 1.82) is 0 Å². The predicted octanol–water partition coefficient (Wildman–Crippen LogP) is 2.94. The maximum atomic E-state index is 6.00. The van der Waals surface area contributed by atoms with Gasteiger partial charge in [0.2, 0.25) is 0 Å². The molecule has 1 fully saturated rings. The van der Waals surface area contributed by atoms with Gasteiger partial charge in [0, 0.05) is 11.3 Å². The van der Waals surface area contributed by atoms with Crippen LogP contribution in [0.25, 0.3) is 0 Å². The highest BCUT2D eigenvalue weighted by Gasteiger charge is 2.22. The van der Waals surface area contributed by atoms with Gasteiger partial charge in [-0.2, -0.15) is 0 Å². The van der Waals surface area contributed by atoms with E-state index in [0.29, 0.717) is 5.92 Å². The minimum atomic E-state index is 0.617. The Morgan fingerprint density at radius 3 is 2.64 bits per heavy atom. The summed E-state index contributed by atoms with van der Waals surface area (Å²) in [4.78, 5) is 0. The average molecular weight is 191 g/mol. The lowest BCUT2D eigenvalue weighted by Gasteiger charge is -2.16. The largest absolute Gasteiger partial charge is 0.496 e. The summed E-state index contributed by atoms with van der Waals surface area (Å²) >= 11 is 0. The third-order valence-electron chi connectivity index (χ3n) is 3.08. The Bertz CT molecular complexity index is 316. The molecule has 0 heterocycles. The van der Waals surface area contributed by atoms with Gasteiger partial charge >= 0.3 is 0 Å². The summed E-state index contributed by atoms with van der Waals surface area (Å²) < 4.78 is 5.36. The number of nitrogens with two attached hydrogens (primary N) is 1. The van der Waals surface area contributed by atoms with Crippen molar-refractivity contribution in [2.45, 2.75) is 31.6 Å². The van der Waals surface area contributed by atoms with Crippen LogP contribution in [0.4, 0.5) is 5.69 Å². The molecule has 1 aromatic rings. The smallest absolute Gasteiger partial charge is 0.124 e. The molecule has 2 heteroatoms. The van der Waals surface area contributed by atoms with E-state index >= 15 is 0 Å².